The normalized spacial score (nSPS) is 11.0. The SMILES string of the molecule is CCCSCc1noc(Cn2cc(CN)nn2)n1. The predicted octanol–water partition coefficient (Wildman–Crippen LogP) is 0.811. The third-order valence-corrected chi connectivity index (χ3v) is 3.34. The molecule has 2 N–H and O–H groups in total. The van der Waals surface area contributed by atoms with Crippen molar-refractivity contribution < 1.29 is 4.52 Å². The number of aromatic nitrogens is 5. The summed E-state index contributed by atoms with van der Waals surface area (Å²) in [5.74, 6) is 3.15. The van der Waals surface area contributed by atoms with Crippen LogP contribution in [0.3, 0.4) is 0 Å². The minimum absolute atomic E-state index is 0.378. The predicted molar refractivity (Wildman–Crippen MR) is 67.8 cm³/mol. The summed E-state index contributed by atoms with van der Waals surface area (Å²) in [6.45, 7) is 2.95. The topological polar surface area (TPSA) is 95.7 Å². The van der Waals surface area contributed by atoms with Gasteiger partial charge in [0, 0.05) is 6.54 Å². The zero-order chi connectivity index (χ0) is 12.8. The van der Waals surface area contributed by atoms with Crippen molar-refractivity contribution >= 4 is 11.8 Å². The van der Waals surface area contributed by atoms with Crippen molar-refractivity contribution in [2.24, 2.45) is 5.73 Å². The van der Waals surface area contributed by atoms with E-state index < -0.39 is 0 Å². The van der Waals surface area contributed by atoms with E-state index >= 15 is 0 Å². The van der Waals surface area contributed by atoms with Crippen LogP contribution in [0.5, 0.6) is 0 Å². The van der Waals surface area contributed by atoms with E-state index in [4.69, 9.17) is 10.3 Å². The Labute approximate surface area is 109 Å². The molecule has 98 valence electrons. The maximum absolute atomic E-state index is 5.46. The highest BCUT2D eigenvalue weighted by Crippen LogP contribution is 2.10. The molecule has 0 aromatic carbocycles. The quantitative estimate of drug-likeness (QED) is 0.742. The van der Waals surface area contributed by atoms with Crippen LogP contribution in [-0.2, 0) is 18.8 Å². The molecule has 7 nitrogen and oxygen atoms in total. The van der Waals surface area contributed by atoms with Crippen molar-refractivity contribution in [3.8, 4) is 0 Å². The van der Waals surface area contributed by atoms with Gasteiger partial charge in [-0.25, -0.2) is 4.68 Å². The lowest BCUT2D eigenvalue weighted by atomic mass is 10.5. The van der Waals surface area contributed by atoms with E-state index in [1.165, 1.54) is 0 Å². The minimum Gasteiger partial charge on any atom is -0.337 e. The molecule has 2 aromatic rings. The third-order valence-electron chi connectivity index (χ3n) is 2.18. The average Bonchev–Trinajstić information content (AvgIpc) is 3.00. The summed E-state index contributed by atoms with van der Waals surface area (Å²) in [5.41, 5.74) is 6.20. The fourth-order valence-electron chi connectivity index (χ4n) is 1.37. The third kappa shape index (κ3) is 3.54. The van der Waals surface area contributed by atoms with Crippen LogP contribution in [0.15, 0.2) is 10.7 Å². The first kappa shape index (κ1) is 13.0. The van der Waals surface area contributed by atoms with Crippen LogP contribution in [0.4, 0.5) is 0 Å². The molecule has 8 heteroatoms. The Balaban J connectivity index is 1.89. The van der Waals surface area contributed by atoms with Crippen molar-refractivity contribution in [1.29, 1.82) is 0 Å². The molecule has 0 atom stereocenters. The average molecular weight is 268 g/mol. The Morgan fingerprint density at radius 1 is 1.50 bits per heavy atom. The monoisotopic (exact) mass is 268 g/mol. The van der Waals surface area contributed by atoms with Crippen LogP contribution in [0.2, 0.25) is 0 Å². The second-order valence-corrected chi connectivity index (χ2v) is 4.87. The largest absolute Gasteiger partial charge is 0.337 e. The number of nitrogens with zero attached hydrogens (tertiary/aromatic N) is 5. The molecule has 0 saturated heterocycles. The maximum atomic E-state index is 5.46. The lowest BCUT2D eigenvalue weighted by Gasteiger charge is -1.93. The second-order valence-electron chi connectivity index (χ2n) is 3.77. The highest BCUT2D eigenvalue weighted by atomic mass is 32.2. The van der Waals surface area contributed by atoms with Crippen LogP contribution in [0, 0.1) is 0 Å². The Hall–Kier alpha value is -1.41. The summed E-state index contributed by atoms with van der Waals surface area (Å²) in [7, 11) is 0. The van der Waals surface area contributed by atoms with Crippen molar-refractivity contribution in [3.05, 3.63) is 23.6 Å². The fourth-order valence-corrected chi connectivity index (χ4v) is 2.10. The molecule has 0 amide bonds. The molecule has 0 unspecified atom stereocenters. The molecule has 0 bridgehead atoms. The van der Waals surface area contributed by atoms with E-state index in [0.29, 0.717) is 19.0 Å². The van der Waals surface area contributed by atoms with Gasteiger partial charge >= 0.3 is 0 Å². The van der Waals surface area contributed by atoms with E-state index in [0.717, 1.165) is 29.4 Å². The van der Waals surface area contributed by atoms with Gasteiger partial charge in [0.15, 0.2) is 5.82 Å². The summed E-state index contributed by atoms with van der Waals surface area (Å²) >= 11 is 1.80. The Morgan fingerprint density at radius 2 is 2.39 bits per heavy atom. The maximum Gasteiger partial charge on any atom is 0.248 e. The van der Waals surface area contributed by atoms with E-state index in [1.807, 2.05) is 0 Å². The molecule has 0 radical (unpaired) electrons. The standard InChI is InChI=1S/C10H16N6OS/c1-2-3-18-7-9-12-10(17-14-9)6-16-5-8(4-11)13-15-16/h5H,2-4,6-7,11H2,1H3. The van der Waals surface area contributed by atoms with Crippen molar-refractivity contribution in [1.82, 2.24) is 25.1 Å². The van der Waals surface area contributed by atoms with Gasteiger partial charge in [-0.15, -0.1) is 5.10 Å². The molecule has 0 aliphatic carbocycles. The zero-order valence-corrected chi connectivity index (χ0v) is 11.1. The van der Waals surface area contributed by atoms with E-state index in [1.54, 1.807) is 22.6 Å². The van der Waals surface area contributed by atoms with Gasteiger partial charge < -0.3 is 10.3 Å². The van der Waals surface area contributed by atoms with E-state index in [2.05, 4.69) is 27.4 Å². The number of hydrogen-bond donors (Lipinski definition) is 1. The van der Waals surface area contributed by atoms with Crippen LogP contribution < -0.4 is 5.73 Å². The lowest BCUT2D eigenvalue weighted by Crippen LogP contribution is -2.01. The summed E-state index contributed by atoms with van der Waals surface area (Å²) in [6.07, 6.45) is 2.92. The van der Waals surface area contributed by atoms with E-state index in [-0.39, 0.29) is 0 Å². The Kier molecular flexibility index (Phi) is 4.71. The lowest BCUT2D eigenvalue weighted by molar-refractivity contribution is 0.361. The molecule has 18 heavy (non-hydrogen) atoms. The highest BCUT2D eigenvalue weighted by molar-refractivity contribution is 7.98. The van der Waals surface area contributed by atoms with Crippen LogP contribution >= 0.6 is 11.8 Å². The number of rotatable bonds is 7. The van der Waals surface area contributed by atoms with Gasteiger partial charge in [0.05, 0.1) is 17.6 Å². The first-order valence-electron chi connectivity index (χ1n) is 5.80. The summed E-state index contributed by atoms with van der Waals surface area (Å²) in [4.78, 5) is 4.29. The summed E-state index contributed by atoms with van der Waals surface area (Å²) < 4.78 is 6.79. The van der Waals surface area contributed by atoms with Gasteiger partial charge in [-0.2, -0.15) is 16.7 Å². The van der Waals surface area contributed by atoms with Gasteiger partial charge in [0.1, 0.15) is 6.54 Å². The summed E-state index contributed by atoms with van der Waals surface area (Å²) in [6, 6.07) is 0. The smallest absolute Gasteiger partial charge is 0.248 e. The Morgan fingerprint density at radius 3 is 3.11 bits per heavy atom. The highest BCUT2D eigenvalue weighted by Gasteiger charge is 2.08. The second kappa shape index (κ2) is 6.50. The first-order chi connectivity index (χ1) is 8.81. The van der Waals surface area contributed by atoms with Gasteiger partial charge in [-0.05, 0) is 12.2 Å². The van der Waals surface area contributed by atoms with Crippen molar-refractivity contribution in [2.45, 2.75) is 32.2 Å². The molecule has 0 aliphatic heterocycles. The fraction of sp³-hybridized carbons (Fsp3) is 0.600. The summed E-state index contributed by atoms with van der Waals surface area (Å²) in [5, 5.41) is 11.7. The van der Waals surface area contributed by atoms with Crippen LogP contribution in [0.25, 0.3) is 0 Å². The molecular formula is C10H16N6OS. The van der Waals surface area contributed by atoms with Crippen molar-refractivity contribution in [2.75, 3.05) is 5.75 Å². The first-order valence-corrected chi connectivity index (χ1v) is 6.95. The molecule has 0 saturated carbocycles. The number of thioether (sulfide) groups is 1. The van der Waals surface area contributed by atoms with Gasteiger partial charge in [0.2, 0.25) is 5.89 Å². The zero-order valence-electron chi connectivity index (χ0n) is 10.2. The molecule has 0 spiro atoms. The minimum atomic E-state index is 0.378. The van der Waals surface area contributed by atoms with E-state index in [9.17, 15) is 0 Å². The van der Waals surface area contributed by atoms with Crippen LogP contribution in [-0.4, -0.2) is 30.9 Å². The van der Waals surface area contributed by atoms with Gasteiger partial charge in [0.25, 0.3) is 0 Å². The molecule has 2 aromatic heterocycles. The Bertz CT molecular complexity index is 482. The van der Waals surface area contributed by atoms with Gasteiger partial charge in [-0.3, -0.25) is 0 Å². The van der Waals surface area contributed by atoms with Gasteiger partial charge in [-0.1, -0.05) is 17.3 Å². The van der Waals surface area contributed by atoms with Crippen LogP contribution in [0.1, 0.15) is 30.8 Å². The molecule has 2 rings (SSSR count). The molecule has 0 aliphatic rings. The number of hydrogen-bond acceptors (Lipinski definition) is 7. The molecule has 0 fully saturated rings. The van der Waals surface area contributed by atoms with Crippen molar-refractivity contribution in [3.63, 3.8) is 0 Å². The molecular weight excluding hydrogens is 252 g/mol. The number of nitrogens with two attached hydrogens (primary N) is 1. The molecule has 2 heterocycles.